The molecule has 1 aromatic heterocycles. The molecule has 5 rings (SSSR count). The van der Waals surface area contributed by atoms with Crippen LogP contribution in [0.2, 0.25) is 0 Å². The third kappa shape index (κ3) is 3.68. The monoisotopic (exact) mass is 413 g/mol. The zero-order valence-corrected chi connectivity index (χ0v) is 18.5. The van der Waals surface area contributed by atoms with Crippen LogP contribution >= 0.6 is 11.9 Å². The van der Waals surface area contributed by atoms with Gasteiger partial charge in [-0.15, -0.1) is 5.10 Å². The molecule has 0 bridgehead atoms. The highest BCUT2D eigenvalue weighted by molar-refractivity contribution is 7.96. The van der Waals surface area contributed by atoms with Crippen LogP contribution in [-0.2, 0) is 30.4 Å². The summed E-state index contributed by atoms with van der Waals surface area (Å²) in [6.07, 6.45) is 8.43. The summed E-state index contributed by atoms with van der Waals surface area (Å²) in [6.45, 7) is 6.40. The molecule has 0 radical (unpaired) electrons. The van der Waals surface area contributed by atoms with Crippen molar-refractivity contribution in [1.29, 1.82) is 0 Å². The lowest BCUT2D eigenvalue weighted by Crippen LogP contribution is -2.34. The van der Waals surface area contributed by atoms with E-state index in [1.165, 1.54) is 66.5 Å². The molecule has 1 fully saturated rings. The first-order valence-corrected chi connectivity index (χ1v) is 11.6. The van der Waals surface area contributed by atoms with E-state index in [-0.39, 0.29) is 5.60 Å². The van der Waals surface area contributed by atoms with Crippen molar-refractivity contribution in [3.05, 3.63) is 28.3 Å². The molecule has 6 nitrogen and oxygen atoms in total. The Morgan fingerprint density at radius 2 is 1.90 bits per heavy atom. The van der Waals surface area contributed by atoms with Gasteiger partial charge in [0.15, 0.2) is 0 Å². The van der Waals surface area contributed by atoms with Crippen molar-refractivity contribution >= 4 is 23.6 Å². The Balaban J connectivity index is 1.29. The normalized spacial score (nSPS) is 21.6. The van der Waals surface area contributed by atoms with Crippen molar-refractivity contribution in [3.63, 3.8) is 0 Å². The number of aromatic amines is 1. The van der Waals surface area contributed by atoms with Gasteiger partial charge in [0.2, 0.25) is 11.1 Å². The van der Waals surface area contributed by atoms with E-state index in [2.05, 4.69) is 39.7 Å². The largest absolute Gasteiger partial charge is 0.378 e. The SMILES string of the molecule is COC(C)(C)C1CCN(Sc2n[nH]c(Nc3c4c(cc5c3CCC5)CCC4)n2)C1. The summed E-state index contributed by atoms with van der Waals surface area (Å²) in [5, 5.41) is 12.0. The predicted octanol–water partition coefficient (Wildman–Crippen LogP) is 4.28. The van der Waals surface area contributed by atoms with Crippen LogP contribution in [0.15, 0.2) is 11.2 Å². The number of methoxy groups -OCH3 is 1. The molecule has 2 N–H and O–H groups in total. The van der Waals surface area contributed by atoms with Crippen molar-refractivity contribution in [2.45, 2.75) is 69.6 Å². The van der Waals surface area contributed by atoms with Crippen molar-refractivity contribution in [2.75, 3.05) is 25.5 Å². The van der Waals surface area contributed by atoms with Gasteiger partial charge in [0.25, 0.3) is 0 Å². The predicted molar refractivity (Wildman–Crippen MR) is 117 cm³/mol. The molecular weight excluding hydrogens is 382 g/mol. The lowest BCUT2D eigenvalue weighted by atomic mass is 9.90. The van der Waals surface area contributed by atoms with Crippen LogP contribution < -0.4 is 5.32 Å². The molecule has 0 saturated carbocycles. The lowest BCUT2D eigenvalue weighted by molar-refractivity contribution is -0.0225. The third-order valence-electron chi connectivity index (χ3n) is 7.05. The van der Waals surface area contributed by atoms with Gasteiger partial charge >= 0.3 is 0 Å². The summed E-state index contributed by atoms with van der Waals surface area (Å²) in [5.41, 5.74) is 7.29. The summed E-state index contributed by atoms with van der Waals surface area (Å²) in [4.78, 5) is 4.74. The maximum Gasteiger partial charge on any atom is 0.225 e. The van der Waals surface area contributed by atoms with Gasteiger partial charge in [-0.1, -0.05) is 6.07 Å². The van der Waals surface area contributed by atoms with E-state index in [9.17, 15) is 0 Å². The van der Waals surface area contributed by atoms with Crippen LogP contribution in [0, 0.1) is 5.92 Å². The number of H-pyrrole nitrogens is 1. The minimum atomic E-state index is -0.0882. The molecule has 1 unspecified atom stereocenters. The third-order valence-corrected chi connectivity index (χ3v) is 7.99. The van der Waals surface area contributed by atoms with Gasteiger partial charge in [0.05, 0.1) is 5.60 Å². The summed E-state index contributed by atoms with van der Waals surface area (Å²) in [5.74, 6) is 1.29. The van der Waals surface area contributed by atoms with Crippen molar-refractivity contribution in [3.8, 4) is 0 Å². The quantitative estimate of drug-likeness (QED) is 0.689. The molecule has 2 aliphatic carbocycles. The van der Waals surface area contributed by atoms with Crippen LogP contribution in [0.4, 0.5) is 11.6 Å². The zero-order valence-electron chi connectivity index (χ0n) is 17.7. The number of hydrogen-bond donors (Lipinski definition) is 2. The summed E-state index contributed by atoms with van der Waals surface area (Å²) in [6, 6.07) is 2.46. The second kappa shape index (κ2) is 7.60. The topological polar surface area (TPSA) is 66.1 Å². The van der Waals surface area contributed by atoms with Gasteiger partial charge in [0, 0.05) is 43.8 Å². The van der Waals surface area contributed by atoms with E-state index in [0.29, 0.717) is 5.92 Å². The second-order valence-corrected chi connectivity index (χ2v) is 10.2. The standard InChI is InChI=1S/C22H31N5OS/c1-22(2,28-3)16-10-11-27(13-16)29-21-24-20(25-26-21)23-19-17-8-4-6-14(17)12-15-7-5-9-18(15)19/h12,16H,4-11,13H2,1-3H3,(H2,23,24,25,26). The summed E-state index contributed by atoms with van der Waals surface area (Å²) < 4.78 is 8.04. The Kier molecular flexibility index (Phi) is 5.08. The van der Waals surface area contributed by atoms with Gasteiger partial charge in [-0.3, -0.25) is 0 Å². The Labute approximate surface area is 177 Å². The number of ether oxygens (including phenoxy) is 1. The van der Waals surface area contributed by atoms with Crippen molar-refractivity contribution in [1.82, 2.24) is 19.5 Å². The fourth-order valence-corrected chi connectivity index (χ4v) is 5.99. The maximum atomic E-state index is 5.68. The van der Waals surface area contributed by atoms with Crippen LogP contribution in [0.25, 0.3) is 0 Å². The number of aryl methyl sites for hydroxylation is 2. The first kappa shape index (κ1) is 19.4. The Bertz CT molecular complexity index is 877. The summed E-state index contributed by atoms with van der Waals surface area (Å²) >= 11 is 1.65. The van der Waals surface area contributed by atoms with Crippen LogP contribution in [0.3, 0.4) is 0 Å². The molecule has 2 aromatic rings. The first-order valence-electron chi connectivity index (χ1n) is 10.9. The van der Waals surface area contributed by atoms with Crippen molar-refractivity contribution in [2.24, 2.45) is 5.92 Å². The molecule has 0 spiro atoms. The fourth-order valence-electron chi connectivity index (χ4n) is 5.09. The van der Waals surface area contributed by atoms with Crippen LogP contribution in [-0.4, -0.2) is 45.3 Å². The minimum absolute atomic E-state index is 0.0882. The average molecular weight is 414 g/mol. The number of hydrogen-bond acceptors (Lipinski definition) is 6. The van der Waals surface area contributed by atoms with E-state index in [4.69, 9.17) is 9.72 Å². The van der Waals surface area contributed by atoms with Gasteiger partial charge in [-0.05, 0) is 81.0 Å². The molecule has 1 atom stereocenters. The van der Waals surface area contributed by atoms with E-state index < -0.39 is 0 Å². The van der Waals surface area contributed by atoms with Crippen LogP contribution in [0.1, 0.15) is 55.4 Å². The fraction of sp³-hybridized carbons (Fsp3) is 0.636. The number of rotatable bonds is 6. The molecule has 1 aliphatic heterocycles. The Morgan fingerprint density at radius 3 is 2.59 bits per heavy atom. The Morgan fingerprint density at radius 1 is 1.17 bits per heavy atom. The van der Waals surface area contributed by atoms with Crippen LogP contribution in [0.5, 0.6) is 0 Å². The highest BCUT2D eigenvalue weighted by Crippen LogP contribution is 2.40. The lowest BCUT2D eigenvalue weighted by Gasteiger charge is -2.29. The van der Waals surface area contributed by atoms with E-state index in [1.54, 1.807) is 19.1 Å². The molecule has 7 heteroatoms. The first-order chi connectivity index (χ1) is 14.0. The molecule has 1 aromatic carbocycles. The highest BCUT2D eigenvalue weighted by Gasteiger charge is 2.36. The van der Waals surface area contributed by atoms with Gasteiger partial charge in [-0.25, -0.2) is 9.40 Å². The average Bonchev–Trinajstić information content (AvgIpc) is 3.49. The maximum absolute atomic E-state index is 5.68. The van der Waals surface area contributed by atoms with E-state index >= 15 is 0 Å². The zero-order chi connectivity index (χ0) is 20.0. The second-order valence-electron chi connectivity index (χ2n) is 9.10. The highest BCUT2D eigenvalue weighted by atomic mass is 32.2. The number of benzene rings is 1. The molecule has 29 heavy (non-hydrogen) atoms. The Hall–Kier alpha value is -1.57. The molecule has 2 heterocycles. The number of aromatic nitrogens is 3. The number of nitrogens with zero attached hydrogens (tertiary/aromatic N) is 3. The minimum Gasteiger partial charge on any atom is -0.378 e. The summed E-state index contributed by atoms with van der Waals surface area (Å²) in [7, 11) is 1.81. The van der Waals surface area contributed by atoms with Gasteiger partial charge in [0.1, 0.15) is 0 Å². The van der Waals surface area contributed by atoms with Crippen molar-refractivity contribution < 1.29 is 4.74 Å². The molecule has 3 aliphatic rings. The van der Waals surface area contributed by atoms with E-state index in [0.717, 1.165) is 30.6 Å². The molecular formula is C22H31N5OS. The smallest absolute Gasteiger partial charge is 0.225 e. The molecule has 1 saturated heterocycles. The number of anilines is 2. The molecule has 0 amide bonds. The number of nitrogens with one attached hydrogen (secondary N) is 2. The number of fused-ring (bicyclic) bond motifs is 2. The van der Waals surface area contributed by atoms with Gasteiger partial charge in [-0.2, -0.15) is 4.98 Å². The molecule has 156 valence electrons. The van der Waals surface area contributed by atoms with Gasteiger partial charge < -0.3 is 10.1 Å². The van der Waals surface area contributed by atoms with E-state index in [1.807, 2.05) is 0 Å².